The molecule has 1 aliphatic heterocycles. The van der Waals surface area contributed by atoms with E-state index in [-0.39, 0.29) is 12.1 Å². The van der Waals surface area contributed by atoms with Gasteiger partial charge in [0.25, 0.3) is 0 Å². The van der Waals surface area contributed by atoms with Crippen LogP contribution in [-0.4, -0.2) is 54.0 Å². The second-order valence-corrected chi connectivity index (χ2v) is 4.62. The van der Waals surface area contributed by atoms with Crippen LogP contribution in [0.1, 0.15) is 6.42 Å². The van der Waals surface area contributed by atoms with E-state index in [4.69, 9.17) is 0 Å². The van der Waals surface area contributed by atoms with Crippen molar-refractivity contribution in [3.63, 3.8) is 0 Å². The predicted octanol–water partition coefficient (Wildman–Crippen LogP) is 1.39. The number of nitrogens with zero attached hydrogens (tertiary/aromatic N) is 3. The number of halogens is 1. The van der Waals surface area contributed by atoms with Crippen LogP contribution in [0.2, 0.25) is 0 Å². The van der Waals surface area contributed by atoms with Crippen LogP contribution in [0.15, 0.2) is 18.3 Å². The molecule has 1 unspecified atom stereocenters. The van der Waals surface area contributed by atoms with Crippen LogP contribution < -0.4 is 5.32 Å². The number of rotatable bonds is 2. The summed E-state index contributed by atoms with van der Waals surface area (Å²) >= 11 is 0. The molecule has 1 aromatic rings. The highest BCUT2D eigenvalue weighted by atomic mass is 19.1. The van der Waals surface area contributed by atoms with Gasteiger partial charge in [-0.05, 0) is 32.1 Å². The number of nitrogens with one attached hydrogen (secondary N) is 1. The smallest absolute Gasteiger partial charge is 0.321 e. The molecular formula is C12H17FN4O. The first-order valence-electron chi connectivity index (χ1n) is 5.90. The summed E-state index contributed by atoms with van der Waals surface area (Å²) in [5, 5.41) is 2.70. The van der Waals surface area contributed by atoms with Crippen molar-refractivity contribution in [1.29, 1.82) is 0 Å². The van der Waals surface area contributed by atoms with E-state index in [2.05, 4.69) is 15.2 Å². The molecule has 2 amide bonds. The van der Waals surface area contributed by atoms with Gasteiger partial charge in [-0.15, -0.1) is 0 Å². The van der Waals surface area contributed by atoms with Crippen molar-refractivity contribution in [2.45, 2.75) is 12.5 Å². The van der Waals surface area contributed by atoms with Gasteiger partial charge in [-0.25, -0.2) is 9.78 Å². The number of anilines is 1. The molecule has 0 spiro atoms. The number of aromatic nitrogens is 1. The highest BCUT2D eigenvalue weighted by molar-refractivity contribution is 5.89. The van der Waals surface area contributed by atoms with Gasteiger partial charge in [0, 0.05) is 19.6 Å². The number of likely N-dealkylation sites (N-methyl/N-ethyl adjacent to an activating group) is 2. The van der Waals surface area contributed by atoms with Crippen LogP contribution in [0.5, 0.6) is 0 Å². The van der Waals surface area contributed by atoms with Crippen molar-refractivity contribution in [3.8, 4) is 0 Å². The first-order chi connectivity index (χ1) is 8.56. The van der Waals surface area contributed by atoms with Gasteiger partial charge in [0.2, 0.25) is 5.95 Å². The van der Waals surface area contributed by atoms with E-state index >= 15 is 0 Å². The Hall–Kier alpha value is -1.69. The van der Waals surface area contributed by atoms with Crippen molar-refractivity contribution in [3.05, 3.63) is 24.3 Å². The van der Waals surface area contributed by atoms with Crippen LogP contribution in [0.4, 0.5) is 14.9 Å². The van der Waals surface area contributed by atoms with Crippen LogP contribution in [0.3, 0.4) is 0 Å². The molecule has 2 rings (SSSR count). The fraction of sp³-hybridized carbons (Fsp3) is 0.500. The molecule has 0 aromatic carbocycles. The lowest BCUT2D eigenvalue weighted by atomic mass is 10.2. The van der Waals surface area contributed by atoms with Gasteiger partial charge in [-0.3, -0.25) is 0 Å². The molecule has 0 bridgehead atoms. The number of pyridine rings is 1. The Kier molecular flexibility index (Phi) is 3.76. The second-order valence-electron chi connectivity index (χ2n) is 4.62. The lowest BCUT2D eigenvalue weighted by Gasteiger charge is -2.24. The first kappa shape index (κ1) is 12.8. The molecule has 18 heavy (non-hydrogen) atoms. The summed E-state index contributed by atoms with van der Waals surface area (Å²) in [6.07, 6.45) is 2.28. The van der Waals surface area contributed by atoms with Gasteiger partial charge in [0.15, 0.2) is 0 Å². The largest absolute Gasteiger partial charge is 0.323 e. The van der Waals surface area contributed by atoms with E-state index in [9.17, 15) is 9.18 Å². The minimum Gasteiger partial charge on any atom is -0.323 e. The highest BCUT2D eigenvalue weighted by Crippen LogP contribution is 2.14. The molecule has 0 radical (unpaired) electrons. The van der Waals surface area contributed by atoms with Gasteiger partial charge in [-0.2, -0.15) is 4.39 Å². The zero-order chi connectivity index (χ0) is 13.1. The lowest BCUT2D eigenvalue weighted by Crippen LogP contribution is -2.41. The van der Waals surface area contributed by atoms with E-state index in [0.29, 0.717) is 5.69 Å². The Labute approximate surface area is 106 Å². The summed E-state index contributed by atoms with van der Waals surface area (Å²) in [5.41, 5.74) is 0.500. The summed E-state index contributed by atoms with van der Waals surface area (Å²) in [6, 6.07) is 2.75. The number of hydrogen-bond acceptors (Lipinski definition) is 3. The van der Waals surface area contributed by atoms with Crippen LogP contribution in [0, 0.1) is 5.95 Å². The average Bonchev–Trinajstić information content (AvgIpc) is 2.78. The molecule has 1 saturated heterocycles. The Balaban J connectivity index is 1.93. The molecule has 1 atom stereocenters. The fourth-order valence-electron chi connectivity index (χ4n) is 2.06. The molecular weight excluding hydrogens is 235 g/mol. The predicted molar refractivity (Wildman–Crippen MR) is 66.9 cm³/mol. The van der Waals surface area contributed by atoms with Gasteiger partial charge in [-0.1, -0.05) is 0 Å². The van der Waals surface area contributed by atoms with E-state index in [1.54, 1.807) is 11.9 Å². The molecule has 1 aromatic heterocycles. The lowest BCUT2D eigenvalue weighted by molar-refractivity contribution is 0.204. The number of carbonyl (C=O) groups is 1. The molecule has 1 aliphatic rings. The summed E-state index contributed by atoms with van der Waals surface area (Å²) < 4.78 is 12.6. The minimum atomic E-state index is -0.557. The normalized spacial score (nSPS) is 19.8. The van der Waals surface area contributed by atoms with E-state index in [1.165, 1.54) is 18.3 Å². The second kappa shape index (κ2) is 5.30. The van der Waals surface area contributed by atoms with Gasteiger partial charge >= 0.3 is 6.03 Å². The molecule has 98 valence electrons. The van der Waals surface area contributed by atoms with E-state index < -0.39 is 5.95 Å². The quantitative estimate of drug-likeness (QED) is 0.809. The maximum Gasteiger partial charge on any atom is 0.321 e. The van der Waals surface area contributed by atoms with E-state index in [0.717, 1.165) is 19.5 Å². The van der Waals surface area contributed by atoms with Crippen molar-refractivity contribution < 1.29 is 9.18 Å². The summed E-state index contributed by atoms with van der Waals surface area (Å²) in [4.78, 5) is 19.3. The molecule has 2 heterocycles. The third kappa shape index (κ3) is 2.95. The third-order valence-electron chi connectivity index (χ3n) is 3.21. The summed E-state index contributed by atoms with van der Waals surface area (Å²) in [5.74, 6) is -0.557. The molecule has 0 saturated carbocycles. The number of likely N-dealkylation sites (tertiary alicyclic amines) is 1. The third-order valence-corrected chi connectivity index (χ3v) is 3.21. The minimum absolute atomic E-state index is 0.191. The standard InChI is InChI=1S/C12H17FN4O/c1-16-6-5-10(8-16)17(2)12(18)15-9-3-4-11(13)14-7-9/h3-4,7,10H,5-6,8H2,1-2H3,(H,15,18). The Morgan fingerprint density at radius 2 is 2.39 bits per heavy atom. The monoisotopic (exact) mass is 252 g/mol. The SMILES string of the molecule is CN1CCC(N(C)C(=O)Nc2ccc(F)nc2)C1. The van der Waals surface area contributed by atoms with Crippen molar-refractivity contribution >= 4 is 11.7 Å². The van der Waals surface area contributed by atoms with Crippen LogP contribution >= 0.6 is 0 Å². The van der Waals surface area contributed by atoms with Crippen molar-refractivity contribution in [1.82, 2.24) is 14.8 Å². The van der Waals surface area contributed by atoms with Gasteiger partial charge in [0.05, 0.1) is 11.9 Å². The molecule has 1 N–H and O–H groups in total. The van der Waals surface area contributed by atoms with Crippen LogP contribution in [0.25, 0.3) is 0 Å². The maximum absolute atomic E-state index is 12.6. The number of hydrogen-bond donors (Lipinski definition) is 1. The molecule has 6 heteroatoms. The maximum atomic E-state index is 12.6. The number of carbonyl (C=O) groups excluding carboxylic acids is 1. The zero-order valence-electron chi connectivity index (χ0n) is 10.6. The van der Waals surface area contributed by atoms with Crippen molar-refractivity contribution in [2.75, 3.05) is 32.5 Å². The number of urea groups is 1. The van der Waals surface area contributed by atoms with Gasteiger partial charge < -0.3 is 15.1 Å². The van der Waals surface area contributed by atoms with Crippen molar-refractivity contribution in [2.24, 2.45) is 0 Å². The average molecular weight is 252 g/mol. The summed E-state index contributed by atoms with van der Waals surface area (Å²) in [6.45, 7) is 1.88. The van der Waals surface area contributed by atoms with E-state index in [1.807, 2.05) is 7.05 Å². The van der Waals surface area contributed by atoms with Gasteiger partial charge in [0.1, 0.15) is 0 Å². The Morgan fingerprint density at radius 1 is 1.61 bits per heavy atom. The fourth-order valence-corrected chi connectivity index (χ4v) is 2.06. The first-order valence-corrected chi connectivity index (χ1v) is 5.90. The summed E-state index contributed by atoms with van der Waals surface area (Å²) in [7, 11) is 3.81. The zero-order valence-corrected chi connectivity index (χ0v) is 10.6. The highest BCUT2D eigenvalue weighted by Gasteiger charge is 2.26. The Bertz CT molecular complexity index is 423. The Morgan fingerprint density at radius 3 is 2.94 bits per heavy atom. The van der Waals surface area contributed by atoms with Crippen LogP contribution in [-0.2, 0) is 0 Å². The number of amides is 2. The molecule has 0 aliphatic carbocycles. The molecule has 1 fully saturated rings. The topological polar surface area (TPSA) is 48.5 Å². The molecule has 5 nitrogen and oxygen atoms in total.